The fourth-order valence-corrected chi connectivity index (χ4v) is 7.47. The molecule has 0 amide bonds. The van der Waals surface area contributed by atoms with Gasteiger partial charge in [-0.1, -0.05) is 73.7 Å². The van der Waals surface area contributed by atoms with E-state index in [0.717, 1.165) is 18.5 Å². The Hall–Kier alpha value is -3.74. The molecule has 0 N–H and O–H groups in total. The van der Waals surface area contributed by atoms with Crippen molar-refractivity contribution < 1.29 is 0 Å². The predicted molar refractivity (Wildman–Crippen MR) is 146 cm³/mol. The molecule has 4 aromatic rings. The van der Waals surface area contributed by atoms with Crippen LogP contribution in [0.1, 0.15) is 41.3 Å². The molecule has 2 heterocycles. The van der Waals surface area contributed by atoms with E-state index in [-0.39, 0.29) is 5.41 Å². The lowest BCUT2D eigenvalue weighted by Crippen LogP contribution is -2.29. The minimum Gasteiger partial charge on any atom is -0.309 e. The zero-order valence-electron chi connectivity index (χ0n) is 19.5. The van der Waals surface area contributed by atoms with Gasteiger partial charge in [0, 0.05) is 32.2 Å². The predicted octanol–water partition coefficient (Wildman–Crippen LogP) is 7.85. The molecule has 168 valence electrons. The molecule has 3 aromatic carbocycles. The van der Waals surface area contributed by atoms with E-state index in [1.807, 2.05) is 17.8 Å². The lowest BCUT2D eigenvalue weighted by atomic mass is 9.75. The molecule has 0 saturated carbocycles. The highest BCUT2D eigenvalue weighted by molar-refractivity contribution is 8.00. The number of para-hydroxylation sites is 1. The summed E-state index contributed by atoms with van der Waals surface area (Å²) in [4.78, 5) is 1.37. The van der Waals surface area contributed by atoms with Crippen LogP contribution in [0.15, 0.2) is 95.9 Å². The van der Waals surface area contributed by atoms with Crippen LogP contribution in [0.2, 0.25) is 0 Å². The highest BCUT2D eigenvalue weighted by atomic mass is 32.2. The van der Waals surface area contributed by atoms with E-state index in [1.54, 1.807) is 0 Å². The summed E-state index contributed by atoms with van der Waals surface area (Å²) < 4.78 is 2.37. The van der Waals surface area contributed by atoms with Crippen LogP contribution in [0.4, 0.5) is 0 Å². The molecule has 1 aromatic heterocycles. The normalized spacial score (nSPS) is 21.8. The fourth-order valence-electron chi connectivity index (χ4n) is 5.96. The molecule has 0 bridgehead atoms. The quantitative estimate of drug-likeness (QED) is 0.300. The largest absolute Gasteiger partial charge is 0.309 e. The summed E-state index contributed by atoms with van der Waals surface area (Å²) in [6.07, 6.45) is 13.7. The summed E-state index contributed by atoms with van der Waals surface area (Å²) in [6.45, 7) is 2.35. The van der Waals surface area contributed by atoms with Crippen molar-refractivity contribution >= 4 is 34.3 Å². The third-order valence-corrected chi connectivity index (χ3v) is 9.28. The number of hydrogen-bond acceptors (Lipinski definition) is 2. The van der Waals surface area contributed by atoms with E-state index in [9.17, 15) is 5.26 Å². The van der Waals surface area contributed by atoms with Gasteiger partial charge in [-0.3, -0.25) is 0 Å². The molecule has 0 fully saturated rings. The molecule has 3 aliphatic rings. The van der Waals surface area contributed by atoms with Gasteiger partial charge in [0.15, 0.2) is 0 Å². The number of nitriles is 1. The van der Waals surface area contributed by atoms with Crippen LogP contribution in [0.25, 0.3) is 28.2 Å². The van der Waals surface area contributed by atoms with Crippen LogP contribution in [-0.4, -0.2) is 9.82 Å². The van der Waals surface area contributed by atoms with E-state index in [4.69, 9.17) is 0 Å². The summed E-state index contributed by atoms with van der Waals surface area (Å²) >= 11 is 1.96. The van der Waals surface area contributed by atoms with Gasteiger partial charge in [-0.15, -0.1) is 11.8 Å². The van der Waals surface area contributed by atoms with E-state index < -0.39 is 0 Å². The van der Waals surface area contributed by atoms with Crippen molar-refractivity contribution in [3.05, 3.63) is 119 Å². The zero-order valence-corrected chi connectivity index (χ0v) is 20.3. The van der Waals surface area contributed by atoms with Gasteiger partial charge in [0.1, 0.15) is 0 Å². The van der Waals surface area contributed by atoms with Gasteiger partial charge >= 0.3 is 0 Å². The lowest BCUT2D eigenvalue weighted by Gasteiger charge is -2.31. The van der Waals surface area contributed by atoms with E-state index in [0.29, 0.717) is 10.8 Å². The van der Waals surface area contributed by atoms with Crippen LogP contribution in [0.5, 0.6) is 0 Å². The summed E-state index contributed by atoms with van der Waals surface area (Å²) in [6, 6.07) is 26.0. The molecular formula is C32H24N2S. The number of thioether (sulfide) groups is 1. The SMILES string of the molecule is CC12C=CC(c3ccc(C#N)cc3-n3c4c(c5ccccc53)CCC=C4)=CC1Sc1ccccc12. The van der Waals surface area contributed by atoms with Crippen molar-refractivity contribution in [2.24, 2.45) is 0 Å². The number of fused-ring (bicyclic) bond motifs is 6. The molecule has 2 atom stereocenters. The topological polar surface area (TPSA) is 28.7 Å². The maximum atomic E-state index is 9.76. The van der Waals surface area contributed by atoms with Gasteiger partial charge in [0.05, 0.1) is 22.8 Å². The van der Waals surface area contributed by atoms with Gasteiger partial charge in [-0.05, 0) is 59.9 Å². The Kier molecular flexibility index (Phi) is 4.50. The van der Waals surface area contributed by atoms with Crippen molar-refractivity contribution in [1.29, 1.82) is 5.26 Å². The maximum Gasteiger partial charge on any atom is 0.0992 e. The lowest BCUT2D eigenvalue weighted by molar-refractivity contribution is 0.621. The molecule has 35 heavy (non-hydrogen) atoms. The van der Waals surface area contributed by atoms with Crippen molar-refractivity contribution in [2.45, 2.75) is 35.3 Å². The molecular weight excluding hydrogens is 444 g/mol. The Morgan fingerprint density at radius 1 is 1.03 bits per heavy atom. The first-order chi connectivity index (χ1) is 17.2. The summed E-state index contributed by atoms with van der Waals surface area (Å²) in [5.74, 6) is 0. The molecule has 3 heteroatoms. The van der Waals surface area contributed by atoms with E-state index in [1.165, 1.54) is 43.8 Å². The molecule has 0 spiro atoms. The number of aryl methyl sites for hydroxylation is 1. The Balaban J connectivity index is 1.44. The minimum absolute atomic E-state index is 0.000430. The average Bonchev–Trinajstić information content (AvgIpc) is 3.40. The first-order valence-corrected chi connectivity index (χ1v) is 13.1. The number of rotatable bonds is 2. The third kappa shape index (κ3) is 2.97. The Labute approximate surface area is 209 Å². The Bertz CT molecular complexity index is 1660. The standard InChI is InChI=1S/C32H24N2S/c1-32-17-16-22(19-31(32)35-30-13-7-4-10-26(30)32)23-15-14-21(20-33)18-29(23)34-27-11-5-2-8-24(27)25-9-3-6-12-28(25)34/h2,4-8,10-19,31H,3,9H2,1H3. The van der Waals surface area contributed by atoms with Gasteiger partial charge in [0.2, 0.25) is 0 Å². The fraction of sp³-hybridized carbons (Fsp3) is 0.156. The van der Waals surface area contributed by atoms with Crippen LogP contribution < -0.4 is 0 Å². The molecule has 0 radical (unpaired) electrons. The Morgan fingerprint density at radius 3 is 2.80 bits per heavy atom. The molecule has 1 aliphatic heterocycles. The van der Waals surface area contributed by atoms with Crippen LogP contribution in [-0.2, 0) is 11.8 Å². The first kappa shape index (κ1) is 20.6. The number of hydrogen-bond donors (Lipinski definition) is 0. The van der Waals surface area contributed by atoms with Gasteiger partial charge in [-0.2, -0.15) is 5.26 Å². The number of aromatic nitrogens is 1. The van der Waals surface area contributed by atoms with Crippen molar-refractivity contribution in [3.8, 4) is 11.8 Å². The minimum atomic E-state index is -0.000430. The Morgan fingerprint density at radius 2 is 1.89 bits per heavy atom. The first-order valence-electron chi connectivity index (χ1n) is 12.2. The van der Waals surface area contributed by atoms with Crippen molar-refractivity contribution in [1.82, 2.24) is 4.57 Å². The highest BCUT2D eigenvalue weighted by Gasteiger charge is 2.42. The second kappa shape index (κ2) is 7.63. The summed E-state index contributed by atoms with van der Waals surface area (Å²) in [5.41, 5.74) is 9.40. The molecule has 2 nitrogen and oxygen atoms in total. The third-order valence-electron chi connectivity index (χ3n) is 7.79. The smallest absolute Gasteiger partial charge is 0.0992 e. The van der Waals surface area contributed by atoms with Crippen LogP contribution in [0, 0.1) is 11.3 Å². The average molecular weight is 469 g/mol. The molecule has 2 aliphatic carbocycles. The summed E-state index contributed by atoms with van der Waals surface area (Å²) in [7, 11) is 0. The van der Waals surface area contributed by atoms with Crippen LogP contribution >= 0.6 is 11.8 Å². The zero-order chi connectivity index (χ0) is 23.6. The molecule has 0 saturated heterocycles. The number of allylic oxidation sites excluding steroid dienone is 4. The number of benzene rings is 3. The molecule has 2 unspecified atom stereocenters. The second-order valence-corrected chi connectivity index (χ2v) is 11.0. The van der Waals surface area contributed by atoms with Gasteiger partial charge in [-0.25, -0.2) is 0 Å². The van der Waals surface area contributed by atoms with Crippen molar-refractivity contribution in [2.75, 3.05) is 0 Å². The highest BCUT2D eigenvalue weighted by Crippen LogP contribution is 2.53. The van der Waals surface area contributed by atoms with Crippen molar-refractivity contribution in [3.63, 3.8) is 0 Å². The van der Waals surface area contributed by atoms with Gasteiger partial charge in [0.25, 0.3) is 0 Å². The van der Waals surface area contributed by atoms with Gasteiger partial charge < -0.3 is 4.57 Å². The molecule has 7 rings (SSSR count). The van der Waals surface area contributed by atoms with E-state index >= 15 is 0 Å². The summed E-state index contributed by atoms with van der Waals surface area (Å²) in [5, 5.41) is 11.4. The van der Waals surface area contributed by atoms with Crippen LogP contribution in [0.3, 0.4) is 0 Å². The number of nitrogens with zero attached hydrogens (tertiary/aromatic N) is 2. The second-order valence-electron chi connectivity index (χ2n) is 9.77. The van der Waals surface area contributed by atoms with E-state index in [2.05, 4.69) is 109 Å². The maximum absolute atomic E-state index is 9.76. The monoisotopic (exact) mass is 468 g/mol.